The first-order valence-electron chi connectivity index (χ1n) is 6.29. The zero-order chi connectivity index (χ0) is 15.5. The van der Waals surface area contributed by atoms with Crippen molar-refractivity contribution in [1.29, 1.82) is 0 Å². The van der Waals surface area contributed by atoms with Crippen molar-refractivity contribution >= 4 is 33.2 Å². The van der Waals surface area contributed by atoms with E-state index in [9.17, 15) is 8.42 Å². The maximum Gasteiger partial charge on any atom is 0.243 e. The number of halogens is 2. The average Bonchev–Trinajstić information content (AvgIpc) is 2.44. The molecule has 0 N–H and O–H groups in total. The van der Waals surface area contributed by atoms with E-state index in [0.29, 0.717) is 11.6 Å². The minimum absolute atomic E-state index is 0.131. The number of nitrogens with zero attached hydrogens (tertiary/aromatic N) is 2. The van der Waals surface area contributed by atoms with Gasteiger partial charge < -0.3 is 0 Å². The number of pyridine rings is 1. The van der Waals surface area contributed by atoms with Crippen LogP contribution in [0.1, 0.15) is 12.5 Å². The van der Waals surface area contributed by atoms with Gasteiger partial charge in [-0.1, -0.05) is 42.3 Å². The third kappa shape index (κ3) is 3.95. The van der Waals surface area contributed by atoms with Gasteiger partial charge in [-0.05, 0) is 29.8 Å². The average molecular weight is 345 g/mol. The molecular weight excluding hydrogens is 331 g/mol. The van der Waals surface area contributed by atoms with E-state index in [-0.39, 0.29) is 16.6 Å². The molecule has 2 aromatic rings. The number of hydrogen-bond donors (Lipinski definition) is 0. The van der Waals surface area contributed by atoms with Crippen molar-refractivity contribution in [2.24, 2.45) is 0 Å². The quantitative estimate of drug-likeness (QED) is 0.778. The van der Waals surface area contributed by atoms with Crippen LogP contribution in [0.4, 0.5) is 0 Å². The van der Waals surface area contributed by atoms with Crippen molar-refractivity contribution in [1.82, 2.24) is 9.29 Å². The maximum absolute atomic E-state index is 12.6. The summed E-state index contributed by atoms with van der Waals surface area (Å²) in [6, 6.07) is 9.90. The van der Waals surface area contributed by atoms with Gasteiger partial charge in [-0.15, -0.1) is 0 Å². The predicted octanol–water partition coefficient (Wildman–Crippen LogP) is 3.60. The van der Waals surface area contributed by atoms with E-state index < -0.39 is 10.0 Å². The molecule has 2 rings (SSSR count). The molecule has 0 bridgehead atoms. The van der Waals surface area contributed by atoms with Gasteiger partial charge in [0.2, 0.25) is 10.0 Å². The fraction of sp³-hybridized carbons (Fsp3) is 0.214. The van der Waals surface area contributed by atoms with Gasteiger partial charge in [0.25, 0.3) is 0 Å². The van der Waals surface area contributed by atoms with Gasteiger partial charge in [-0.3, -0.25) is 0 Å². The second-order valence-electron chi connectivity index (χ2n) is 4.38. The van der Waals surface area contributed by atoms with Crippen LogP contribution in [0, 0.1) is 0 Å². The van der Waals surface area contributed by atoms with Crippen LogP contribution in [0.2, 0.25) is 10.2 Å². The molecule has 0 aliphatic rings. The van der Waals surface area contributed by atoms with Gasteiger partial charge in [-0.2, -0.15) is 4.31 Å². The van der Waals surface area contributed by atoms with Gasteiger partial charge in [0.05, 0.1) is 4.90 Å². The number of benzene rings is 1. The first-order chi connectivity index (χ1) is 9.93. The fourth-order valence-electron chi connectivity index (χ4n) is 1.90. The van der Waals surface area contributed by atoms with Gasteiger partial charge in [0, 0.05) is 24.3 Å². The fourth-order valence-corrected chi connectivity index (χ4v) is 3.80. The molecule has 0 fully saturated rings. The number of aromatic nitrogens is 1. The van der Waals surface area contributed by atoms with E-state index in [0.717, 1.165) is 5.56 Å². The van der Waals surface area contributed by atoms with Gasteiger partial charge in [-0.25, -0.2) is 13.4 Å². The van der Waals surface area contributed by atoms with E-state index >= 15 is 0 Å². The Morgan fingerprint density at radius 3 is 2.57 bits per heavy atom. The molecular formula is C14H14Cl2N2O2S. The third-order valence-corrected chi connectivity index (χ3v) is 5.30. The topological polar surface area (TPSA) is 50.3 Å². The largest absolute Gasteiger partial charge is 0.244 e. The predicted molar refractivity (Wildman–Crippen MR) is 84.0 cm³/mol. The Hall–Kier alpha value is -1.14. The van der Waals surface area contributed by atoms with Crippen molar-refractivity contribution in [2.75, 3.05) is 6.54 Å². The Bertz CT molecular complexity index is 735. The van der Waals surface area contributed by atoms with E-state index in [2.05, 4.69) is 4.98 Å². The van der Waals surface area contributed by atoms with Crippen molar-refractivity contribution in [3.63, 3.8) is 0 Å². The normalized spacial score (nSPS) is 11.8. The summed E-state index contributed by atoms with van der Waals surface area (Å²) >= 11 is 11.7. The van der Waals surface area contributed by atoms with Crippen molar-refractivity contribution in [3.05, 3.63) is 58.3 Å². The molecule has 0 saturated carbocycles. The summed E-state index contributed by atoms with van der Waals surface area (Å²) in [7, 11) is -3.62. The summed E-state index contributed by atoms with van der Waals surface area (Å²) in [5.41, 5.74) is 0.827. The third-order valence-electron chi connectivity index (χ3n) is 2.94. The smallest absolute Gasteiger partial charge is 0.243 e. The summed E-state index contributed by atoms with van der Waals surface area (Å²) < 4.78 is 26.6. The molecule has 0 unspecified atom stereocenters. The summed E-state index contributed by atoms with van der Waals surface area (Å²) in [6.07, 6.45) is 1.38. The van der Waals surface area contributed by atoms with Crippen LogP contribution < -0.4 is 0 Å². The molecule has 1 aromatic carbocycles. The Morgan fingerprint density at radius 2 is 1.95 bits per heavy atom. The Kier molecular flexibility index (Phi) is 5.22. The van der Waals surface area contributed by atoms with E-state index in [4.69, 9.17) is 23.2 Å². The Balaban J connectivity index is 2.32. The lowest BCUT2D eigenvalue weighted by atomic mass is 10.2. The standard InChI is InChI=1S/C14H14Cl2N2O2S/c1-2-18(10-11-4-3-5-12(15)8-11)21(19,20)13-6-7-17-14(16)9-13/h3-9H,2,10H2,1H3. The molecule has 0 radical (unpaired) electrons. The van der Waals surface area contributed by atoms with Crippen LogP contribution in [0.25, 0.3) is 0 Å². The van der Waals surface area contributed by atoms with Gasteiger partial charge >= 0.3 is 0 Å². The first-order valence-corrected chi connectivity index (χ1v) is 8.49. The summed E-state index contributed by atoms with van der Waals surface area (Å²) in [5.74, 6) is 0. The highest BCUT2D eigenvalue weighted by Crippen LogP contribution is 2.21. The SMILES string of the molecule is CCN(Cc1cccc(Cl)c1)S(=O)(=O)c1ccnc(Cl)c1. The number of sulfonamides is 1. The minimum Gasteiger partial charge on any atom is -0.244 e. The molecule has 1 heterocycles. The maximum atomic E-state index is 12.6. The van der Waals surface area contributed by atoms with Crippen molar-refractivity contribution in [2.45, 2.75) is 18.4 Å². The van der Waals surface area contributed by atoms with Crippen molar-refractivity contribution < 1.29 is 8.42 Å². The lowest BCUT2D eigenvalue weighted by Gasteiger charge is -2.20. The number of hydrogen-bond acceptors (Lipinski definition) is 3. The van der Waals surface area contributed by atoms with Crippen molar-refractivity contribution in [3.8, 4) is 0 Å². The first kappa shape index (κ1) is 16.2. The highest BCUT2D eigenvalue weighted by atomic mass is 35.5. The molecule has 1 aromatic heterocycles. The lowest BCUT2D eigenvalue weighted by molar-refractivity contribution is 0.423. The highest BCUT2D eigenvalue weighted by molar-refractivity contribution is 7.89. The van der Waals surface area contributed by atoms with Crippen LogP contribution in [0.3, 0.4) is 0 Å². The molecule has 112 valence electrons. The molecule has 21 heavy (non-hydrogen) atoms. The molecule has 0 aliphatic carbocycles. The molecule has 0 aliphatic heterocycles. The second-order valence-corrected chi connectivity index (χ2v) is 7.14. The minimum atomic E-state index is -3.62. The summed E-state index contributed by atoms with van der Waals surface area (Å²) in [4.78, 5) is 3.93. The van der Waals surface area contributed by atoms with E-state index in [1.165, 1.54) is 22.6 Å². The zero-order valence-electron chi connectivity index (χ0n) is 11.3. The van der Waals surface area contributed by atoms with Gasteiger partial charge in [0.1, 0.15) is 5.15 Å². The molecule has 4 nitrogen and oxygen atoms in total. The molecule has 0 saturated heterocycles. The monoisotopic (exact) mass is 344 g/mol. The second kappa shape index (κ2) is 6.75. The van der Waals surface area contributed by atoms with Crippen LogP contribution in [-0.2, 0) is 16.6 Å². The molecule has 0 spiro atoms. The highest BCUT2D eigenvalue weighted by Gasteiger charge is 2.23. The van der Waals surface area contributed by atoms with E-state index in [1.54, 1.807) is 25.1 Å². The Morgan fingerprint density at radius 1 is 1.19 bits per heavy atom. The van der Waals surface area contributed by atoms with Crippen LogP contribution in [0.15, 0.2) is 47.5 Å². The van der Waals surface area contributed by atoms with Gasteiger partial charge in [0.15, 0.2) is 0 Å². The molecule has 0 atom stereocenters. The van der Waals surface area contributed by atoms with Crippen LogP contribution in [0.5, 0.6) is 0 Å². The van der Waals surface area contributed by atoms with Crippen LogP contribution in [-0.4, -0.2) is 24.3 Å². The lowest BCUT2D eigenvalue weighted by Crippen LogP contribution is -2.30. The molecule has 0 amide bonds. The molecule has 7 heteroatoms. The summed E-state index contributed by atoms with van der Waals surface area (Å²) in [5, 5.41) is 0.725. The summed E-state index contributed by atoms with van der Waals surface area (Å²) in [6.45, 7) is 2.37. The zero-order valence-corrected chi connectivity index (χ0v) is 13.7. The van der Waals surface area contributed by atoms with E-state index in [1.807, 2.05) is 6.07 Å². The number of rotatable bonds is 5. The Labute approximate surface area is 134 Å². The van der Waals surface area contributed by atoms with Crippen LogP contribution >= 0.6 is 23.2 Å².